The fourth-order valence-electron chi connectivity index (χ4n) is 1.54. The summed E-state index contributed by atoms with van der Waals surface area (Å²) in [4.78, 5) is 10.9. The molecule has 0 saturated carbocycles. The van der Waals surface area contributed by atoms with Gasteiger partial charge in [0.1, 0.15) is 12.2 Å². The summed E-state index contributed by atoms with van der Waals surface area (Å²) in [6.07, 6.45) is -0.523. The number of hydrogen-bond acceptors (Lipinski definition) is 7. The van der Waals surface area contributed by atoms with E-state index in [2.05, 4.69) is 4.18 Å². The molecule has 0 aromatic rings. The first-order valence-electron chi connectivity index (χ1n) is 6.15. The van der Waals surface area contributed by atoms with Gasteiger partial charge in [-0.25, -0.2) is 0 Å². The number of esters is 1. The van der Waals surface area contributed by atoms with E-state index in [1.807, 2.05) is 0 Å². The van der Waals surface area contributed by atoms with Gasteiger partial charge in [-0.2, -0.15) is 21.6 Å². The number of ether oxygens (including phenoxy) is 3. The summed E-state index contributed by atoms with van der Waals surface area (Å²) in [6, 6.07) is 0. The number of alkyl halides is 3. The Morgan fingerprint density at radius 2 is 1.95 bits per heavy atom. The van der Waals surface area contributed by atoms with Gasteiger partial charge in [-0.05, 0) is 19.1 Å². The average molecular weight is 348 g/mol. The molecule has 7 nitrogen and oxygen atoms in total. The van der Waals surface area contributed by atoms with Crippen molar-refractivity contribution in [2.75, 3.05) is 13.2 Å². The Bertz CT molecular complexity index is 514. The third-order valence-corrected chi connectivity index (χ3v) is 3.45. The van der Waals surface area contributed by atoms with E-state index in [1.165, 1.54) is 12.2 Å². The molecule has 22 heavy (non-hydrogen) atoms. The minimum Gasteiger partial charge on any atom is -0.455 e. The van der Waals surface area contributed by atoms with E-state index < -0.39 is 46.7 Å². The normalized spacial score (nSPS) is 26.0. The van der Waals surface area contributed by atoms with Crippen LogP contribution in [0, 0.1) is 0 Å². The molecule has 128 valence electrons. The fraction of sp³-hybridized carbons (Fsp3) is 0.727. The Hall–Kier alpha value is -1.17. The minimum atomic E-state index is -5.76. The maximum absolute atomic E-state index is 12.2. The lowest BCUT2D eigenvalue weighted by Gasteiger charge is -2.31. The number of carbonyl (C=O) groups excluding carboxylic acids is 1. The second kappa shape index (κ2) is 7.40. The molecule has 0 aromatic heterocycles. The lowest BCUT2D eigenvalue weighted by atomic mass is 10.1. The molecule has 1 aliphatic heterocycles. The molecule has 0 fully saturated rings. The van der Waals surface area contributed by atoms with E-state index in [1.54, 1.807) is 6.92 Å². The molecule has 0 radical (unpaired) electrons. The van der Waals surface area contributed by atoms with Crippen LogP contribution in [0.4, 0.5) is 13.2 Å². The van der Waals surface area contributed by atoms with Gasteiger partial charge >= 0.3 is 21.6 Å². The first-order valence-corrected chi connectivity index (χ1v) is 7.56. The van der Waals surface area contributed by atoms with Crippen molar-refractivity contribution < 1.29 is 44.8 Å². The van der Waals surface area contributed by atoms with Gasteiger partial charge in [-0.15, -0.1) is 0 Å². The fourth-order valence-corrected chi connectivity index (χ4v) is 1.99. The molecule has 0 saturated heterocycles. The predicted octanol–water partition coefficient (Wildman–Crippen LogP) is 1.10. The second-order valence-corrected chi connectivity index (χ2v) is 5.75. The van der Waals surface area contributed by atoms with Crippen molar-refractivity contribution in [3.63, 3.8) is 0 Å². The molecule has 0 aliphatic carbocycles. The van der Waals surface area contributed by atoms with Gasteiger partial charge in [0, 0.05) is 13.5 Å². The molecular formula is C11H15F3O7S. The van der Waals surface area contributed by atoms with Crippen molar-refractivity contribution >= 4 is 16.1 Å². The van der Waals surface area contributed by atoms with E-state index in [9.17, 15) is 26.4 Å². The zero-order valence-electron chi connectivity index (χ0n) is 11.7. The molecule has 0 amide bonds. The lowest BCUT2D eigenvalue weighted by molar-refractivity contribution is -0.189. The zero-order chi connectivity index (χ0) is 17.0. The van der Waals surface area contributed by atoms with Gasteiger partial charge in [0.25, 0.3) is 0 Å². The van der Waals surface area contributed by atoms with E-state index >= 15 is 0 Å². The number of halogens is 3. The Balaban J connectivity index is 2.78. The van der Waals surface area contributed by atoms with Gasteiger partial charge < -0.3 is 14.2 Å². The van der Waals surface area contributed by atoms with Gasteiger partial charge in [0.05, 0.1) is 6.61 Å². The van der Waals surface area contributed by atoms with Crippen LogP contribution in [0.2, 0.25) is 0 Å². The summed E-state index contributed by atoms with van der Waals surface area (Å²) in [5.74, 6) is -0.711. The topological polar surface area (TPSA) is 88.1 Å². The Kier molecular flexibility index (Phi) is 6.35. The van der Waals surface area contributed by atoms with Crippen LogP contribution >= 0.6 is 0 Å². The molecular weight excluding hydrogens is 333 g/mol. The standard InChI is InChI=1S/C11H15F3O7S/c1-3-18-10-5-4-8(20-7(2)15)9(21-10)6-19-22(16,17)11(12,13)14/h4-5,8-10H,3,6H2,1-2H3/t8-,9+,10-/m0/s1. The Labute approximate surface area is 125 Å². The van der Waals surface area contributed by atoms with Crippen LogP contribution in [-0.4, -0.2) is 51.6 Å². The molecule has 0 aromatic carbocycles. The lowest BCUT2D eigenvalue weighted by Crippen LogP contribution is -2.43. The van der Waals surface area contributed by atoms with Crippen molar-refractivity contribution in [2.45, 2.75) is 37.9 Å². The highest BCUT2D eigenvalue weighted by molar-refractivity contribution is 7.87. The van der Waals surface area contributed by atoms with Gasteiger partial charge in [-0.3, -0.25) is 8.98 Å². The van der Waals surface area contributed by atoms with Crippen molar-refractivity contribution in [1.29, 1.82) is 0 Å². The molecule has 0 bridgehead atoms. The number of hydrogen-bond donors (Lipinski definition) is 0. The van der Waals surface area contributed by atoms with Gasteiger partial charge in [0.15, 0.2) is 6.29 Å². The van der Waals surface area contributed by atoms with Crippen molar-refractivity contribution in [1.82, 2.24) is 0 Å². The van der Waals surface area contributed by atoms with E-state index in [0.717, 1.165) is 6.92 Å². The predicted molar refractivity (Wildman–Crippen MR) is 65.9 cm³/mol. The molecule has 3 atom stereocenters. The highest BCUT2D eigenvalue weighted by Crippen LogP contribution is 2.26. The van der Waals surface area contributed by atoms with Crippen molar-refractivity contribution in [2.24, 2.45) is 0 Å². The molecule has 1 heterocycles. The van der Waals surface area contributed by atoms with Gasteiger partial charge in [0.2, 0.25) is 0 Å². The first kappa shape index (κ1) is 18.9. The van der Waals surface area contributed by atoms with E-state index in [4.69, 9.17) is 14.2 Å². The average Bonchev–Trinajstić information content (AvgIpc) is 2.37. The third-order valence-electron chi connectivity index (χ3n) is 2.44. The van der Waals surface area contributed by atoms with Gasteiger partial charge in [-0.1, -0.05) is 0 Å². The summed E-state index contributed by atoms with van der Waals surface area (Å²) in [5, 5.41) is 0. The molecule has 1 aliphatic rings. The molecule has 1 rings (SSSR count). The maximum atomic E-state index is 12.2. The quantitative estimate of drug-likeness (QED) is 0.307. The molecule has 0 unspecified atom stereocenters. The van der Waals surface area contributed by atoms with E-state index in [0.29, 0.717) is 0 Å². The SMILES string of the molecule is CCO[C@@H]1C=C[C@H](OC(C)=O)[C@@H](COS(=O)(=O)C(F)(F)F)O1. The van der Waals surface area contributed by atoms with Crippen molar-refractivity contribution in [3.8, 4) is 0 Å². The largest absolute Gasteiger partial charge is 0.523 e. The monoisotopic (exact) mass is 348 g/mol. The van der Waals surface area contributed by atoms with Crippen LogP contribution in [0.5, 0.6) is 0 Å². The first-order chi connectivity index (χ1) is 10.1. The van der Waals surface area contributed by atoms with Crippen LogP contribution in [0.3, 0.4) is 0 Å². The molecule has 0 N–H and O–H groups in total. The number of carbonyl (C=O) groups is 1. The third kappa shape index (κ3) is 5.23. The summed E-state index contributed by atoms with van der Waals surface area (Å²) in [7, 11) is -5.76. The highest BCUT2D eigenvalue weighted by Gasteiger charge is 2.48. The molecule has 0 spiro atoms. The summed E-state index contributed by atoms with van der Waals surface area (Å²) < 4.78 is 77.4. The maximum Gasteiger partial charge on any atom is 0.523 e. The highest BCUT2D eigenvalue weighted by atomic mass is 32.2. The van der Waals surface area contributed by atoms with Crippen LogP contribution in [0.1, 0.15) is 13.8 Å². The summed E-state index contributed by atoms with van der Waals surface area (Å²) in [5.41, 5.74) is -5.55. The van der Waals surface area contributed by atoms with Crippen LogP contribution < -0.4 is 0 Å². The minimum absolute atomic E-state index is 0.252. The Morgan fingerprint density at radius 3 is 2.45 bits per heavy atom. The van der Waals surface area contributed by atoms with Crippen LogP contribution in [-0.2, 0) is 33.3 Å². The van der Waals surface area contributed by atoms with E-state index in [-0.39, 0.29) is 6.61 Å². The second-order valence-electron chi connectivity index (χ2n) is 4.14. The molecule has 11 heteroatoms. The smallest absolute Gasteiger partial charge is 0.455 e. The number of rotatable bonds is 6. The Morgan fingerprint density at radius 1 is 1.32 bits per heavy atom. The van der Waals surface area contributed by atoms with Crippen LogP contribution in [0.15, 0.2) is 12.2 Å². The summed E-state index contributed by atoms with van der Waals surface area (Å²) >= 11 is 0. The zero-order valence-corrected chi connectivity index (χ0v) is 12.5. The van der Waals surface area contributed by atoms with Crippen molar-refractivity contribution in [3.05, 3.63) is 12.2 Å². The summed E-state index contributed by atoms with van der Waals surface area (Å²) in [6.45, 7) is 2.02. The van der Waals surface area contributed by atoms with Crippen LogP contribution in [0.25, 0.3) is 0 Å².